The SMILES string of the molecule is O=C1NCCCC[C@H]1Sc1nccn1-c1cccc(Cl)c1. The topological polar surface area (TPSA) is 46.9 Å². The van der Waals surface area contributed by atoms with E-state index in [0.717, 1.165) is 36.7 Å². The van der Waals surface area contributed by atoms with Crippen molar-refractivity contribution in [2.45, 2.75) is 29.7 Å². The molecule has 1 aliphatic heterocycles. The number of aromatic nitrogens is 2. The number of amides is 1. The number of nitrogens with one attached hydrogen (secondary N) is 1. The predicted molar refractivity (Wildman–Crippen MR) is 85.1 cm³/mol. The Hall–Kier alpha value is -1.46. The van der Waals surface area contributed by atoms with E-state index in [1.807, 2.05) is 35.0 Å². The molecule has 1 N–H and O–H groups in total. The van der Waals surface area contributed by atoms with Gasteiger partial charge in [0.2, 0.25) is 5.91 Å². The molecule has 2 aromatic rings. The minimum Gasteiger partial charge on any atom is -0.355 e. The lowest BCUT2D eigenvalue weighted by atomic mass is 10.2. The Balaban J connectivity index is 1.84. The van der Waals surface area contributed by atoms with E-state index in [1.165, 1.54) is 11.8 Å². The standard InChI is InChI=1S/C15H16ClN3OS/c16-11-4-3-5-12(10-11)19-9-8-18-15(19)21-13-6-1-2-7-17-14(13)20/h3-5,8-10,13H,1-2,6-7H2,(H,17,20)/t13-/m1/s1. The molecule has 1 fully saturated rings. The van der Waals surface area contributed by atoms with Crippen LogP contribution in [0, 0.1) is 0 Å². The van der Waals surface area contributed by atoms with Gasteiger partial charge in [-0.05, 0) is 31.0 Å². The Kier molecular flexibility index (Phi) is 4.51. The van der Waals surface area contributed by atoms with Gasteiger partial charge < -0.3 is 5.32 Å². The highest BCUT2D eigenvalue weighted by atomic mass is 35.5. The zero-order valence-electron chi connectivity index (χ0n) is 11.5. The van der Waals surface area contributed by atoms with E-state index >= 15 is 0 Å². The highest BCUT2D eigenvalue weighted by Gasteiger charge is 2.23. The first-order chi connectivity index (χ1) is 10.2. The molecule has 0 spiro atoms. The maximum absolute atomic E-state index is 12.1. The first-order valence-corrected chi connectivity index (χ1v) is 8.23. The van der Waals surface area contributed by atoms with Gasteiger partial charge in [0.1, 0.15) is 0 Å². The van der Waals surface area contributed by atoms with Crippen molar-refractivity contribution in [1.29, 1.82) is 0 Å². The van der Waals surface area contributed by atoms with E-state index in [4.69, 9.17) is 11.6 Å². The number of halogens is 1. The minimum atomic E-state index is -0.0761. The fourth-order valence-corrected chi connectivity index (χ4v) is 3.67. The number of imidazole rings is 1. The molecule has 110 valence electrons. The lowest BCUT2D eigenvalue weighted by Crippen LogP contribution is -2.30. The van der Waals surface area contributed by atoms with E-state index < -0.39 is 0 Å². The summed E-state index contributed by atoms with van der Waals surface area (Å²) in [5.74, 6) is 0.109. The molecule has 0 bridgehead atoms. The third-order valence-electron chi connectivity index (χ3n) is 3.43. The van der Waals surface area contributed by atoms with Gasteiger partial charge in [0.25, 0.3) is 0 Å². The van der Waals surface area contributed by atoms with Crippen molar-refractivity contribution in [3.63, 3.8) is 0 Å². The van der Waals surface area contributed by atoms with Crippen LogP contribution in [-0.4, -0.2) is 27.3 Å². The largest absolute Gasteiger partial charge is 0.355 e. The lowest BCUT2D eigenvalue weighted by Gasteiger charge is -2.13. The molecule has 2 heterocycles. The van der Waals surface area contributed by atoms with Gasteiger partial charge in [-0.15, -0.1) is 0 Å². The molecule has 3 rings (SSSR count). The lowest BCUT2D eigenvalue weighted by molar-refractivity contribution is -0.120. The normalized spacial score (nSPS) is 19.1. The van der Waals surface area contributed by atoms with Crippen LogP contribution in [-0.2, 0) is 4.79 Å². The second-order valence-corrected chi connectivity index (χ2v) is 6.56. The summed E-state index contributed by atoms with van der Waals surface area (Å²) < 4.78 is 1.97. The fraction of sp³-hybridized carbons (Fsp3) is 0.333. The second-order valence-electron chi connectivity index (χ2n) is 4.95. The molecule has 0 unspecified atom stereocenters. The van der Waals surface area contributed by atoms with Crippen molar-refractivity contribution < 1.29 is 4.79 Å². The van der Waals surface area contributed by atoms with Crippen LogP contribution in [0.25, 0.3) is 5.69 Å². The molecule has 1 aliphatic rings. The zero-order valence-corrected chi connectivity index (χ0v) is 13.0. The first kappa shape index (κ1) is 14.5. The maximum atomic E-state index is 12.1. The smallest absolute Gasteiger partial charge is 0.233 e. The Bertz CT molecular complexity index is 643. The molecule has 0 aliphatic carbocycles. The molecule has 1 amide bonds. The Morgan fingerprint density at radius 3 is 3.14 bits per heavy atom. The van der Waals surface area contributed by atoms with Gasteiger partial charge in [0.05, 0.1) is 5.25 Å². The van der Waals surface area contributed by atoms with E-state index in [2.05, 4.69) is 10.3 Å². The average molecular weight is 322 g/mol. The van der Waals surface area contributed by atoms with E-state index in [-0.39, 0.29) is 11.2 Å². The van der Waals surface area contributed by atoms with Gasteiger partial charge in [0.15, 0.2) is 5.16 Å². The van der Waals surface area contributed by atoms with Crippen LogP contribution in [0.5, 0.6) is 0 Å². The first-order valence-electron chi connectivity index (χ1n) is 6.98. The molecule has 0 saturated carbocycles. The molecule has 1 aromatic heterocycles. The highest BCUT2D eigenvalue weighted by Crippen LogP contribution is 2.29. The van der Waals surface area contributed by atoms with Gasteiger partial charge >= 0.3 is 0 Å². The summed E-state index contributed by atoms with van der Waals surface area (Å²) in [6.45, 7) is 0.776. The highest BCUT2D eigenvalue weighted by molar-refractivity contribution is 8.00. The second kappa shape index (κ2) is 6.54. The summed E-state index contributed by atoms with van der Waals surface area (Å²) in [5, 5.41) is 4.38. The fourth-order valence-electron chi connectivity index (χ4n) is 2.35. The van der Waals surface area contributed by atoms with Crippen LogP contribution in [0.2, 0.25) is 5.02 Å². The molecule has 1 atom stereocenters. The van der Waals surface area contributed by atoms with E-state index in [0.29, 0.717) is 5.02 Å². The van der Waals surface area contributed by atoms with E-state index in [1.54, 1.807) is 6.20 Å². The number of thioether (sulfide) groups is 1. The third kappa shape index (κ3) is 3.41. The van der Waals surface area contributed by atoms with Crippen LogP contribution < -0.4 is 5.32 Å². The molecule has 0 radical (unpaired) electrons. The molecule has 4 nitrogen and oxygen atoms in total. The maximum Gasteiger partial charge on any atom is 0.233 e. The molecule has 1 aromatic carbocycles. The molecule has 1 saturated heterocycles. The number of carbonyl (C=O) groups excluding carboxylic acids is 1. The monoisotopic (exact) mass is 321 g/mol. The zero-order chi connectivity index (χ0) is 14.7. The van der Waals surface area contributed by atoms with Crippen molar-refractivity contribution in [3.05, 3.63) is 41.7 Å². The number of hydrogen-bond acceptors (Lipinski definition) is 3. The molecular formula is C15H16ClN3OS. The van der Waals surface area contributed by atoms with Crippen LogP contribution >= 0.6 is 23.4 Å². The quantitative estimate of drug-likeness (QED) is 0.943. The summed E-state index contributed by atoms with van der Waals surface area (Å²) in [6.07, 6.45) is 6.64. The number of hydrogen-bond donors (Lipinski definition) is 1. The Morgan fingerprint density at radius 1 is 1.38 bits per heavy atom. The van der Waals surface area contributed by atoms with Crippen molar-refractivity contribution in [3.8, 4) is 5.69 Å². The number of benzene rings is 1. The summed E-state index contributed by atoms with van der Waals surface area (Å²) in [6, 6.07) is 7.61. The van der Waals surface area contributed by atoms with Crippen molar-refractivity contribution in [2.75, 3.05) is 6.54 Å². The Morgan fingerprint density at radius 2 is 2.29 bits per heavy atom. The third-order valence-corrected chi connectivity index (χ3v) is 4.91. The van der Waals surface area contributed by atoms with Gasteiger partial charge in [-0.3, -0.25) is 9.36 Å². The van der Waals surface area contributed by atoms with E-state index in [9.17, 15) is 4.79 Å². The number of nitrogens with zero attached hydrogens (tertiary/aromatic N) is 2. The summed E-state index contributed by atoms with van der Waals surface area (Å²) >= 11 is 7.56. The van der Waals surface area contributed by atoms with Crippen LogP contribution in [0.4, 0.5) is 0 Å². The molecular weight excluding hydrogens is 306 g/mol. The average Bonchev–Trinajstić information content (AvgIpc) is 2.84. The van der Waals surface area contributed by atoms with Gasteiger partial charge in [0, 0.05) is 29.6 Å². The number of rotatable bonds is 3. The summed E-state index contributed by atoms with van der Waals surface area (Å²) in [5.41, 5.74) is 0.955. The van der Waals surface area contributed by atoms with Gasteiger partial charge in [-0.1, -0.05) is 35.9 Å². The summed E-state index contributed by atoms with van der Waals surface area (Å²) in [7, 11) is 0. The number of carbonyl (C=O) groups is 1. The Labute approximate surface area is 132 Å². The summed E-state index contributed by atoms with van der Waals surface area (Å²) in [4.78, 5) is 16.4. The molecule has 21 heavy (non-hydrogen) atoms. The van der Waals surface area contributed by atoms with Crippen molar-refractivity contribution >= 4 is 29.3 Å². The molecule has 6 heteroatoms. The predicted octanol–water partition coefficient (Wildman–Crippen LogP) is 3.29. The minimum absolute atomic E-state index is 0.0761. The van der Waals surface area contributed by atoms with Gasteiger partial charge in [-0.2, -0.15) is 0 Å². The van der Waals surface area contributed by atoms with Crippen molar-refractivity contribution in [1.82, 2.24) is 14.9 Å². The van der Waals surface area contributed by atoms with Crippen molar-refractivity contribution in [2.24, 2.45) is 0 Å². The van der Waals surface area contributed by atoms with Crippen LogP contribution in [0.15, 0.2) is 41.8 Å². The van der Waals surface area contributed by atoms with Gasteiger partial charge in [-0.25, -0.2) is 4.98 Å². The van der Waals surface area contributed by atoms with Crippen LogP contribution in [0.1, 0.15) is 19.3 Å². The van der Waals surface area contributed by atoms with Crippen LogP contribution in [0.3, 0.4) is 0 Å².